The second kappa shape index (κ2) is 4.27. The molecular formula is C9H17NaO. The zero-order valence-corrected chi connectivity index (χ0v) is 10.2. The van der Waals surface area contributed by atoms with E-state index < -0.39 is 0 Å². The predicted molar refractivity (Wildman–Crippen MR) is 40.6 cm³/mol. The van der Waals surface area contributed by atoms with Crippen LogP contribution in [0.4, 0.5) is 0 Å². The Morgan fingerprint density at radius 1 is 1.27 bits per heavy atom. The van der Waals surface area contributed by atoms with Crippen molar-refractivity contribution in [1.29, 1.82) is 0 Å². The zero-order valence-electron chi connectivity index (χ0n) is 8.18. The van der Waals surface area contributed by atoms with Gasteiger partial charge in [0.1, 0.15) is 0 Å². The summed E-state index contributed by atoms with van der Waals surface area (Å²) in [5.74, 6) is 0.645. The molecule has 0 aromatic carbocycles. The molecular weight excluding hydrogens is 147 g/mol. The van der Waals surface area contributed by atoms with E-state index in [2.05, 4.69) is 20.8 Å². The first kappa shape index (κ1) is 12.0. The molecule has 1 nitrogen and oxygen atoms in total. The van der Waals surface area contributed by atoms with Crippen molar-refractivity contribution >= 4 is 0 Å². The van der Waals surface area contributed by atoms with E-state index in [9.17, 15) is 5.11 Å². The molecule has 2 unspecified atom stereocenters. The van der Waals surface area contributed by atoms with Gasteiger partial charge in [0.2, 0.25) is 0 Å². The molecule has 0 aromatic heterocycles. The molecule has 2 atom stereocenters. The van der Waals surface area contributed by atoms with Crippen molar-refractivity contribution in [1.82, 2.24) is 0 Å². The minimum Gasteiger partial charge on any atom is -0.852 e. The molecule has 1 fully saturated rings. The standard InChI is InChI=1S/C9H17O.Na/c1-7-4-8(10)6-9(2,3)5-7;/h7-8H,4-6H2,1-3H3;/q-1;+1. The van der Waals surface area contributed by atoms with E-state index in [0.717, 1.165) is 12.8 Å². The quantitative estimate of drug-likeness (QED) is 0.402. The SMILES string of the molecule is CC1CC([O-])CC(C)(C)C1.[Na+]. The van der Waals surface area contributed by atoms with E-state index in [-0.39, 0.29) is 35.7 Å². The molecule has 60 valence electrons. The second-order valence-electron chi connectivity index (χ2n) is 4.54. The van der Waals surface area contributed by atoms with Crippen molar-refractivity contribution in [2.75, 3.05) is 0 Å². The first-order chi connectivity index (χ1) is 4.49. The molecule has 1 aliphatic carbocycles. The van der Waals surface area contributed by atoms with Crippen LogP contribution in [0, 0.1) is 11.3 Å². The van der Waals surface area contributed by atoms with E-state index in [1.165, 1.54) is 6.42 Å². The van der Waals surface area contributed by atoms with Gasteiger partial charge in [0.15, 0.2) is 0 Å². The van der Waals surface area contributed by atoms with Crippen molar-refractivity contribution in [3.8, 4) is 0 Å². The summed E-state index contributed by atoms with van der Waals surface area (Å²) in [6.07, 6.45) is 2.70. The fourth-order valence-electron chi connectivity index (χ4n) is 2.26. The molecule has 0 saturated heterocycles. The van der Waals surface area contributed by atoms with Crippen LogP contribution in [0.1, 0.15) is 40.0 Å². The molecule has 0 aromatic rings. The summed E-state index contributed by atoms with van der Waals surface area (Å²) in [6, 6.07) is 0. The van der Waals surface area contributed by atoms with E-state index >= 15 is 0 Å². The fourth-order valence-corrected chi connectivity index (χ4v) is 2.26. The average molecular weight is 164 g/mol. The third-order valence-electron chi connectivity index (χ3n) is 2.35. The van der Waals surface area contributed by atoms with Crippen LogP contribution in [0.15, 0.2) is 0 Å². The van der Waals surface area contributed by atoms with Gasteiger partial charge in [0, 0.05) is 0 Å². The number of rotatable bonds is 0. The minimum atomic E-state index is -0.293. The summed E-state index contributed by atoms with van der Waals surface area (Å²) in [5, 5.41) is 11.2. The van der Waals surface area contributed by atoms with Crippen molar-refractivity contribution in [3.63, 3.8) is 0 Å². The molecule has 2 heteroatoms. The topological polar surface area (TPSA) is 23.1 Å². The van der Waals surface area contributed by atoms with E-state index in [1.807, 2.05) is 0 Å². The summed E-state index contributed by atoms with van der Waals surface area (Å²) < 4.78 is 0. The van der Waals surface area contributed by atoms with Crippen LogP contribution in [-0.4, -0.2) is 6.10 Å². The van der Waals surface area contributed by atoms with E-state index in [0.29, 0.717) is 11.3 Å². The maximum absolute atomic E-state index is 11.2. The zero-order chi connectivity index (χ0) is 7.78. The van der Waals surface area contributed by atoms with Crippen LogP contribution >= 0.6 is 0 Å². The van der Waals surface area contributed by atoms with Crippen molar-refractivity contribution in [2.45, 2.75) is 46.1 Å². The molecule has 0 N–H and O–H groups in total. The molecule has 0 radical (unpaired) electrons. The number of hydrogen-bond acceptors (Lipinski definition) is 1. The van der Waals surface area contributed by atoms with Crippen LogP contribution in [0.3, 0.4) is 0 Å². The third-order valence-corrected chi connectivity index (χ3v) is 2.35. The molecule has 0 spiro atoms. The van der Waals surface area contributed by atoms with Gasteiger partial charge in [0.25, 0.3) is 0 Å². The predicted octanol–water partition coefficient (Wildman–Crippen LogP) is -1.43. The first-order valence-electron chi connectivity index (χ1n) is 4.15. The molecule has 1 rings (SSSR count). The average Bonchev–Trinajstić information content (AvgIpc) is 1.54. The van der Waals surface area contributed by atoms with Gasteiger partial charge in [-0.3, -0.25) is 0 Å². The Bertz CT molecular complexity index is 111. The van der Waals surface area contributed by atoms with E-state index in [1.54, 1.807) is 0 Å². The summed E-state index contributed by atoms with van der Waals surface area (Å²) in [5.41, 5.74) is 0.310. The summed E-state index contributed by atoms with van der Waals surface area (Å²) in [4.78, 5) is 0. The van der Waals surface area contributed by atoms with Gasteiger partial charge in [-0.2, -0.15) is 0 Å². The smallest absolute Gasteiger partial charge is 0.852 e. The molecule has 11 heavy (non-hydrogen) atoms. The summed E-state index contributed by atoms with van der Waals surface area (Å²) >= 11 is 0. The van der Waals surface area contributed by atoms with Crippen LogP contribution in [0.5, 0.6) is 0 Å². The Hall–Kier alpha value is 0.960. The monoisotopic (exact) mass is 164 g/mol. The number of hydrogen-bond donors (Lipinski definition) is 0. The van der Waals surface area contributed by atoms with Gasteiger partial charge < -0.3 is 5.11 Å². The second-order valence-corrected chi connectivity index (χ2v) is 4.54. The normalized spacial score (nSPS) is 36.0. The maximum Gasteiger partial charge on any atom is 1.00 e. The minimum absolute atomic E-state index is 0. The van der Waals surface area contributed by atoms with Gasteiger partial charge in [-0.15, -0.1) is 6.10 Å². The van der Waals surface area contributed by atoms with Crippen LogP contribution < -0.4 is 34.7 Å². The molecule has 1 saturated carbocycles. The summed E-state index contributed by atoms with van der Waals surface area (Å²) in [7, 11) is 0. The molecule has 1 aliphatic rings. The van der Waals surface area contributed by atoms with Gasteiger partial charge in [-0.05, 0) is 17.8 Å². The van der Waals surface area contributed by atoms with Crippen LogP contribution in [-0.2, 0) is 0 Å². The Kier molecular flexibility index (Phi) is 4.64. The third kappa shape index (κ3) is 3.93. The maximum atomic E-state index is 11.2. The van der Waals surface area contributed by atoms with Crippen molar-refractivity contribution in [3.05, 3.63) is 0 Å². The first-order valence-corrected chi connectivity index (χ1v) is 4.15. The summed E-state index contributed by atoms with van der Waals surface area (Å²) in [6.45, 7) is 6.59. The van der Waals surface area contributed by atoms with E-state index in [4.69, 9.17) is 0 Å². The van der Waals surface area contributed by atoms with Crippen LogP contribution in [0.2, 0.25) is 0 Å². The van der Waals surface area contributed by atoms with Gasteiger partial charge in [-0.25, -0.2) is 0 Å². The Balaban J connectivity index is 0.000001000. The largest absolute Gasteiger partial charge is 1.00 e. The van der Waals surface area contributed by atoms with Crippen molar-refractivity contribution in [2.24, 2.45) is 11.3 Å². The molecule has 0 aliphatic heterocycles. The van der Waals surface area contributed by atoms with Crippen molar-refractivity contribution < 1.29 is 34.7 Å². The fraction of sp³-hybridized carbons (Fsp3) is 1.00. The van der Waals surface area contributed by atoms with Crippen LogP contribution in [0.25, 0.3) is 0 Å². The molecule has 0 bridgehead atoms. The van der Waals surface area contributed by atoms with Gasteiger partial charge >= 0.3 is 29.6 Å². The van der Waals surface area contributed by atoms with Gasteiger partial charge in [0.05, 0.1) is 0 Å². The van der Waals surface area contributed by atoms with Gasteiger partial charge in [-0.1, -0.05) is 33.6 Å². The molecule has 0 heterocycles. The Morgan fingerprint density at radius 2 is 1.82 bits per heavy atom. The Morgan fingerprint density at radius 3 is 2.18 bits per heavy atom. The molecule has 0 amide bonds. The Labute approximate surface area is 91.9 Å².